The molecule has 6 N–H and O–H groups in total. The number of nitrogens with two attached hydrogens (primary N) is 2. The number of fused-ring (bicyclic) bond motifs is 2. The van der Waals surface area contributed by atoms with Crippen molar-refractivity contribution in [3.63, 3.8) is 0 Å². The Labute approximate surface area is 128 Å². The molecule has 0 aromatic carbocycles. The molecule has 2 saturated heterocycles. The zero-order valence-corrected chi connectivity index (χ0v) is 13.0. The zero-order chi connectivity index (χ0) is 15.5. The minimum absolute atomic E-state index is 0.272. The normalized spacial score (nSPS) is 37.3. The van der Waals surface area contributed by atoms with E-state index in [1.165, 1.54) is 6.33 Å². The maximum absolute atomic E-state index is 10.0. The zero-order valence-electron chi connectivity index (χ0n) is 12.0. The topological polar surface area (TPSA) is 141 Å². The van der Waals surface area contributed by atoms with Crippen LogP contribution in [0.5, 0.6) is 0 Å². The van der Waals surface area contributed by atoms with Crippen molar-refractivity contribution >= 4 is 32.7 Å². The van der Waals surface area contributed by atoms with E-state index >= 15 is 0 Å². The Kier molecular flexibility index (Phi) is 3.19. The Morgan fingerprint density at radius 3 is 3.14 bits per heavy atom. The second kappa shape index (κ2) is 4.88. The van der Waals surface area contributed by atoms with E-state index < -0.39 is 26.2 Å². The number of rotatable bonds is 1. The SMILES string of the molecule is B[PH]1(O)OCC2OC(N3CNc4c(N)ncnc43)C(N)[C@@H]2O1. The van der Waals surface area contributed by atoms with Gasteiger partial charge in [-0.05, 0) is 0 Å². The third-order valence-corrected chi connectivity index (χ3v) is 5.53. The summed E-state index contributed by atoms with van der Waals surface area (Å²) >= 11 is 0. The van der Waals surface area contributed by atoms with E-state index in [0.717, 1.165) is 0 Å². The average Bonchev–Trinajstić information content (AvgIpc) is 3.01. The van der Waals surface area contributed by atoms with E-state index in [-0.39, 0.29) is 12.7 Å². The molecule has 22 heavy (non-hydrogen) atoms. The Morgan fingerprint density at radius 1 is 1.50 bits per heavy atom. The van der Waals surface area contributed by atoms with Gasteiger partial charge in [-0.25, -0.2) is 0 Å². The summed E-state index contributed by atoms with van der Waals surface area (Å²) in [5.74, 6) is 1.03. The summed E-state index contributed by atoms with van der Waals surface area (Å²) in [6.07, 6.45) is 0.253. The number of aromatic nitrogens is 2. The molecule has 1 aromatic heterocycles. The first kappa shape index (κ1) is 14.4. The first-order valence-corrected chi connectivity index (χ1v) is 9.29. The molecule has 120 valence electrons. The summed E-state index contributed by atoms with van der Waals surface area (Å²) in [5, 5.41) is 3.14. The van der Waals surface area contributed by atoms with E-state index in [2.05, 4.69) is 15.3 Å². The fourth-order valence-electron chi connectivity index (χ4n) is 3.08. The maximum atomic E-state index is 10.0. The molecular weight excluding hydrogens is 310 g/mol. The fourth-order valence-corrected chi connectivity index (χ4v) is 4.43. The number of hydrogen-bond acceptors (Lipinski definition) is 10. The predicted molar refractivity (Wildman–Crippen MR) is 84.0 cm³/mol. The van der Waals surface area contributed by atoms with Crippen molar-refractivity contribution in [2.24, 2.45) is 5.73 Å². The van der Waals surface area contributed by atoms with Crippen LogP contribution in [0.3, 0.4) is 0 Å². The van der Waals surface area contributed by atoms with Crippen molar-refractivity contribution in [3.05, 3.63) is 6.33 Å². The van der Waals surface area contributed by atoms with Crippen molar-refractivity contribution in [2.75, 3.05) is 29.2 Å². The van der Waals surface area contributed by atoms with Gasteiger partial charge in [0.15, 0.2) is 0 Å². The van der Waals surface area contributed by atoms with Crippen molar-refractivity contribution in [1.82, 2.24) is 9.97 Å². The van der Waals surface area contributed by atoms with Crippen LogP contribution in [0.4, 0.5) is 17.3 Å². The van der Waals surface area contributed by atoms with Crippen LogP contribution in [0.1, 0.15) is 0 Å². The van der Waals surface area contributed by atoms with Crippen LogP contribution in [0.15, 0.2) is 6.33 Å². The summed E-state index contributed by atoms with van der Waals surface area (Å²) in [5.41, 5.74) is 12.8. The van der Waals surface area contributed by atoms with Crippen LogP contribution in [0.2, 0.25) is 0 Å². The molecule has 1 aromatic rings. The third kappa shape index (κ3) is 2.13. The fraction of sp³-hybridized carbons (Fsp3) is 0.600. The number of ether oxygens (including phenoxy) is 1. The Bertz CT molecular complexity index is 609. The molecular formula is C10H18BN6O4P. The molecule has 0 saturated carbocycles. The molecule has 10 nitrogen and oxygen atoms in total. The number of nitrogen functional groups attached to an aromatic ring is 1. The van der Waals surface area contributed by atoms with Gasteiger partial charge in [0, 0.05) is 0 Å². The quantitative estimate of drug-likeness (QED) is 0.330. The van der Waals surface area contributed by atoms with Crippen LogP contribution in [-0.4, -0.2) is 60.2 Å². The van der Waals surface area contributed by atoms with Crippen LogP contribution in [-0.2, 0) is 13.8 Å². The van der Waals surface area contributed by atoms with Gasteiger partial charge in [0.2, 0.25) is 0 Å². The van der Waals surface area contributed by atoms with Gasteiger partial charge in [-0.2, -0.15) is 0 Å². The molecule has 4 rings (SSSR count). The molecule has 3 unspecified atom stereocenters. The van der Waals surface area contributed by atoms with Crippen LogP contribution in [0.25, 0.3) is 0 Å². The van der Waals surface area contributed by atoms with E-state index in [0.29, 0.717) is 24.0 Å². The van der Waals surface area contributed by atoms with Gasteiger partial charge in [0.05, 0.1) is 0 Å². The van der Waals surface area contributed by atoms with Crippen molar-refractivity contribution in [1.29, 1.82) is 0 Å². The number of nitrogens with zero attached hydrogens (tertiary/aromatic N) is 3. The van der Waals surface area contributed by atoms with Gasteiger partial charge >= 0.3 is 127 Å². The second-order valence-electron chi connectivity index (χ2n) is 5.70. The van der Waals surface area contributed by atoms with Crippen LogP contribution < -0.4 is 21.7 Å². The summed E-state index contributed by atoms with van der Waals surface area (Å²) in [6.45, 7) is 0.735. The predicted octanol–water partition coefficient (Wildman–Crippen LogP) is -2.25. The molecule has 2 fully saturated rings. The Balaban J connectivity index is 1.60. The molecule has 0 bridgehead atoms. The van der Waals surface area contributed by atoms with Crippen LogP contribution >= 0.6 is 7.82 Å². The molecule has 0 aliphatic carbocycles. The van der Waals surface area contributed by atoms with Gasteiger partial charge in [-0.3, -0.25) is 0 Å². The molecule has 0 amide bonds. The van der Waals surface area contributed by atoms with E-state index in [4.69, 9.17) is 25.3 Å². The number of hydrogen-bond donors (Lipinski definition) is 4. The van der Waals surface area contributed by atoms with Gasteiger partial charge in [0.1, 0.15) is 0 Å². The van der Waals surface area contributed by atoms with E-state index in [1.807, 2.05) is 4.90 Å². The standard InChI is InChI=1S/C10H18BN6O4P/c11-22(18)19-1-4-7(21-22)5(12)10(20-4)17-3-16-6-8(13)14-2-15-9(6)17/h2,4-5,7,10,16,18,22H,1,3,11-12H2,(H2,13,14,15)/t4?,5?,7-,10?/m1/s1. The first-order valence-electron chi connectivity index (χ1n) is 7.02. The summed E-state index contributed by atoms with van der Waals surface area (Å²) in [4.78, 5) is 20.1. The monoisotopic (exact) mass is 328 g/mol. The average molecular weight is 328 g/mol. The van der Waals surface area contributed by atoms with Crippen molar-refractivity contribution in [2.45, 2.75) is 24.5 Å². The second-order valence-corrected chi connectivity index (χ2v) is 8.02. The van der Waals surface area contributed by atoms with E-state index in [1.54, 1.807) is 7.57 Å². The van der Waals surface area contributed by atoms with Crippen LogP contribution in [0, 0.1) is 0 Å². The van der Waals surface area contributed by atoms with Gasteiger partial charge < -0.3 is 0 Å². The number of anilines is 3. The molecule has 12 heteroatoms. The van der Waals surface area contributed by atoms with Gasteiger partial charge in [0.25, 0.3) is 0 Å². The Morgan fingerprint density at radius 2 is 2.32 bits per heavy atom. The molecule has 4 atom stereocenters. The molecule has 3 aliphatic rings. The van der Waals surface area contributed by atoms with Gasteiger partial charge in [-0.1, -0.05) is 0 Å². The summed E-state index contributed by atoms with van der Waals surface area (Å²) < 4.78 is 16.9. The minimum atomic E-state index is -3.11. The van der Waals surface area contributed by atoms with Crippen molar-refractivity contribution in [3.8, 4) is 0 Å². The van der Waals surface area contributed by atoms with E-state index in [9.17, 15) is 4.89 Å². The van der Waals surface area contributed by atoms with Gasteiger partial charge in [-0.15, -0.1) is 0 Å². The molecule has 0 radical (unpaired) electrons. The first-order chi connectivity index (χ1) is 10.5. The third-order valence-electron chi connectivity index (χ3n) is 4.12. The summed E-state index contributed by atoms with van der Waals surface area (Å²) in [7, 11) is -1.53. The number of nitrogens with one attached hydrogen (secondary N) is 1. The molecule has 4 heterocycles. The van der Waals surface area contributed by atoms with Crippen molar-refractivity contribution < 1.29 is 18.7 Å². The molecule has 3 aliphatic heterocycles. The Hall–Kier alpha value is -1.23. The molecule has 0 spiro atoms. The summed E-state index contributed by atoms with van der Waals surface area (Å²) in [6, 6.07) is -0.434.